The molecule has 1 aliphatic heterocycles. The Morgan fingerprint density at radius 2 is 2.23 bits per heavy atom. The summed E-state index contributed by atoms with van der Waals surface area (Å²) in [7, 11) is 1.88. The Bertz CT molecular complexity index is 597. The molecule has 0 fully saturated rings. The van der Waals surface area contributed by atoms with Crippen molar-refractivity contribution in [2.24, 2.45) is 4.99 Å². The van der Waals surface area contributed by atoms with Crippen LogP contribution in [0.4, 0.5) is 4.79 Å². The molecule has 122 valence electrons. The number of hydrogen-bond acceptors (Lipinski definition) is 6. The minimum Gasteiger partial charge on any atom is -0.444 e. The maximum atomic E-state index is 12.0. The summed E-state index contributed by atoms with van der Waals surface area (Å²) in [5.74, 6) is 1.33. The van der Waals surface area contributed by atoms with E-state index in [4.69, 9.17) is 9.73 Å². The summed E-state index contributed by atoms with van der Waals surface area (Å²) in [4.78, 5) is 17.9. The van der Waals surface area contributed by atoms with Crippen LogP contribution in [0.1, 0.15) is 32.6 Å². The van der Waals surface area contributed by atoms with Gasteiger partial charge in [0, 0.05) is 27.5 Å². The molecule has 0 unspecified atom stereocenters. The molecule has 0 bridgehead atoms. The van der Waals surface area contributed by atoms with Crippen molar-refractivity contribution < 1.29 is 9.53 Å². The molecule has 1 aromatic rings. The Morgan fingerprint density at radius 1 is 1.55 bits per heavy atom. The molecule has 22 heavy (non-hydrogen) atoms. The van der Waals surface area contributed by atoms with Gasteiger partial charge in [-0.3, -0.25) is 9.62 Å². The standard InChI is InChI=1S/C14H20BrN3O2S2/c1-13(2,3)20-12(19)16-11-17-14(4,8-22-18(11)5)10-6-9(15)7-21-10/h6-7H,8H2,1-5H3,(H,16,17,19)/t14-/m0/s1. The van der Waals surface area contributed by atoms with Gasteiger partial charge < -0.3 is 4.74 Å². The molecule has 0 radical (unpaired) electrons. The molecular formula is C14H20BrN3O2S2. The molecule has 0 saturated heterocycles. The summed E-state index contributed by atoms with van der Waals surface area (Å²) in [6.45, 7) is 7.57. The van der Waals surface area contributed by atoms with Crippen LogP contribution in [0.2, 0.25) is 0 Å². The average Bonchev–Trinajstić information content (AvgIpc) is 2.79. The fourth-order valence-electron chi connectivity index (χ4n) is 1.84. The van der Waals surface area contributed by atoms with Crippen LogP contribution < -0.4 is 5.32 Å². The van der Waals surface area contributed by atoms with Crippen molar-refractivity contribution in [3.8, 4) is 0 Å². The minimum absolute atomic E-state index is 0.363. The lowest BCUT2D eigenvalue weighted by molar-refractivity contribution is 0.0559. The topological polar surface area (TPSA) is 53.9 Å². The van der Waals surface area contributed by atoms with Gasteiger partial charge in [-0.05, 0) is 61.6 Å². The number of nitrogens with one attached hydrogen (secondary N) is 1. The second-order valence-electron chi connectivity index (χ2n) is 6.24. The molecule has 1 aromatic heterocycles. The van der Waals surface area contributed by atoms with Crippen molar-refractivity contribution in [2.75, 3.05) is 12.8 Å². The highest BCUT2D eigenvalue weighted by atomic mass is 79.9. The molecule has 1 aliphatic rings. The van der Waals surface area contributed by atoms with Gasteiger partial charge in [0.1, 0.15) is 11.1 Å². The maximum Gasteiger partial charge on any atom is 0.414 e. The summed E-state index contributed by atoms with van der Waals surface area (Å²) < 4.78 is 8.20. The second-order valence-corrected chi connectivity index (χ2v) is 9.16. The van der Waals surface area contributed by atoms with Gasteiger partial charge in [-0.15, -0.1) is 11.3 Å². The van der Waals surface area contributed by atoms with E-state index >= 15 is 0 Å². The van der Waals surface area contributed by atoms with Gasteiger partial charge >= 0.3 is 6.09 Å². The van der Waals surface area contributed by atoms with E-state index in [9.17, 15) is 4.79 Å². The van der Waals surface area contributed by atoms with E-state index in [0.29, 0.717) is 5.96 Å². The maximum absolute atomic E-state index is 12.0. The third-order valence-electron chi connectivity index (χ3n) is 2.90. The molecule has 1 atom stereocenters. The van der Waals surface area contributed by atoms with Crippen LogP contribution >= 0.6 is 39.2 Å². The minimum atomic E-state index is -0.535. The molecule has 5 nitrogen and oxygen atoms in total. The smallest absolute Gasteiger partial charge is 0.414 e. The molecule has 0 aromatic carbocycles. The average molecular weight is 406 g/mol. The van der Waals surface area contributed by atoms with Gasteiger partial charge in [-0.1, -0.05) is 0 Å². The number of ether oxygens (including phenoxy) is 1. The van der Waals surface area contributed by atoms with Crippen LogP contribution in [0, 0.1) is 0 Å². The zero-order chi connectivity index (χ0) is 16.5. The third kappa shape index (κ3) is 4.39. The highest BCUT2D eigenvalue weighted by Crippen LogP contribution is 2.38. The Kier molecular flexibility index (Phi) is 5.13. The van der Waals surface area contributed by atoms with Crippen LogP contribution in [-0.4, -0.2) is 34.8 Å². The van der Waals surface area contributed by atoms with E-state index in [-0.39, 0.29) is 5.54 Å². The second kappa shape index (κ2) is 6.41. The predicted molar refractivity (Wildman–Crippen MR) is 96.4 cm³/mol. The number of nitrogens with zero attached hydrogens (tertiary/aromatic N) is 2. The highest BCUT2D eigenvalue weighted by Gasteiger charge is 2.34. The fourth-order valence-corrected chi connectivity index (χ4v) is 4.34. The van der Waals surface area contributed by atoms with E-state index in [1.807, 2.05) is 37.5 Å². The number of halogens is 1. The van der Waals surface area contributed by atoms with Gasteiger partial charge in [0.25, 0.3) is 0 Å². The Hall–Kier alpha value is -0.730. The van der Waals surface area contributed by atoms with Crippen LogP contribution in [0.5, 0.6) is 0 Å². The largest absolute Gasteiger partial charge is 0.444 e. The molecule has 2 heterocycles. The van der Waals surface area contributed by atoms with E-state index in [1.54, 1.807) is 23.3 Å². The number of hydrogen-bond donors (Lipinski definition) is 1. The van der Waals surface area contributed by atoms with Gasteiger partial charge in [-0.25, -0.2) is 9.79 Å². The van der Waals surface area contributed by atoms with Crippen molar-refractivity contribution in [3.05, 3.63) is 20.8 Å². The van der Waals surface area contributed by atoms with Crippen LogP contribution in [0.3, 0.4) is 0 Å². The van der Waals surface area contributed by atoms with Gasteiger partial charge in [-0.2, -0.15) is 0 Å². The first-order valence-electron chi connectivity index (χ1n) is 6.80. The fraction of sp³-hybridized carbons (Fsp3) is 0.571. The summed E-state index contributed by atoms with van der Waals surface area (Å²) >= 11 is 6.76. The SMILES string of the molecule is CN1SC[C@@](C)(c2cc(Br)cs2)N=C1NC(=O)OC(C)(C)C. The van der Waals surface area contributed by atoms with E-state index in [2.05, 4.69) is 34.2 Å². The first-order chi connectivity index (χ1) is 10.1. The number of amides is 1. The first kappa shape index (κ1) is 17.6. The van der Waals surface area contributed by atoms with Gasteiger partial charge in [0.05, 0.1) is 0 Å². The molecular weight excluding hydrogens is 386 g/mol. The highest BCUT2D eigenvalue weighted by molar-refractivity contribution is 9.10. The van der Waals surface area contributed by atoms with Gasteiger partial charge in [0.2, 0.25) is 5.96 Å². The summed E-state index contributed by atoms with van der Waals surface area (Å²) in [5, 5.41) is 4.79. The molecule has 0 spiro atoms. The molecule has 1 amide bonds. The van der Waals surface area contributed by atoms with Crippen molar-refractivity contribution in [2.45, 2.75) is 38.8 Å². The molecule has 8 heteroatoms. The number of carbonyl (C=O) groups excluding carboxylic acids is 1. The van der Waals surface area contributed by atoms with E-state index < -0.39 is 11.7 Å². The zero-order valence-corrected chi connectivity index (χ0v) is 16.5. The van der Waals surface area contributed by atoms with Crippen molar-refractivity contribution in [3.63, 3.8) is 0 Å². The predicted octanol–water partition coefficient (Wildman–Crippen LogP) is 4.20. The Morgan fingerprint density at radius 3 is 2.77 bits per heavy atom. The number of thiophene rings is 1. The third-order valence-corrected chi connectivity index (χ3v) is 6.10. The lowest BCUT2D eigenvalue weighted by Crippen LogP contribution is -2.46. The monoisotopic (exact) mass is 405 g/mol. The van der Waals surface area contributed by atoms with E-state index in [0.717, 1.165) is 15.1 Å². The molecule has 1 N–H and O–H groups in total. The summed E-state index contributed by atoms with van der Waals surface area (Å²) in [5.41, 5.74) is -0.898. The molecule has 0 aliphatic carbocycles. The number of guanidine groups is 1. The van der Waals surface area contributed by atoms with E-state index in [1.165, 1.54) is 0 Å². The van der Waals surface area contributed by atoms with Gasteiger partial charge in [0.15, 0.2) is 0 Å². The molecule has 0 saturated carbocycles. The quantitative estimate of drug-likeness (QED) is 0.711. The summed E-state index contributed by atoms with van der Waals surface area (Å²) in [6, 6.07) is 2.07. The van der Waals surface area contributed by atoms with Crippen molar-refractivity contribution >= 4 is 51.3 Å². The number of carbonyl (C=O) groups is 1. The normalized spacial score (nSPS) is 22.3. The lowest BCUT2D eigenvalue weighted by atomic mass is 10.0. The van der Waals surface area contributed by atoms with Crippen LogP contribution in [-0.2, 0) is 10.3 Å². The Labute approximate surface area is 147 Å². The van der Waals surface area contributed by atoms with Crippen LogP contribution in [0.15, 0.2) is 20.9 Å². The first-order valence-corrected chi connectivity index (χ1v) is 9.42. The van der Waals surface area contributed by atoms with Crippen molar-refractivity contribution in [1.82, 2.24) is 9.62 Å². The van der Waals surface area contributed by atoms with Crippen LogP contribution in [0.25, 0.3) is 0 Å². The van der Waals surface area contributed by atoms with Crippen molar-refractivity contribution in [1.29, 1.82) is 0 Å². The molecule has 2 rings (SSSR count). The zero-order valence-electron chi connectivity index (χ0n) is 13.3. The summed E-state index contributed by atoms with van der Waals surface area (Å²) in [6.07, 6.45) is -0.490. The number of rotatable bonds is 1. The number of aliphatic imine (C=N–C) groups is 1. The Balaban J connectivity index is 2.20. The number of alkyl carbamates (subject to hydrolysis) is 1. The lowest BCUT2D eigenvalue weighted by Gasteiger charge is -2.34.